The molecule has 0 saturated carbocycles. The lowest BCUT2D eigenvalue weighted by Crippen LogP contribution is -2.17. The molecule has 9 heteroatoms. The van der Waals surface area contributed by atoms with Crippen LogP contribution in [0.2, 0.25) is 0 Å². The highest BCUT2D eigenvalue weighted by Crippen LogP contribution is 2.41. The van der Waals surface area contributed by atoms with Crippen molar-refractivity contribution in [1.29, 1.82) is 0 Å². The second-order valence-corrected chi connectivity index (χ2v) is 8.54. The van der Waals surface area contributed by atoms with E-state index in [0.717, 1.165) is 28.0 Å². The molecule has 0 amide bonds. The van der Waals surface area contributed by atoms with Gasteiger partial charge >= 0.3 is 6.36 Å². The number of nitrogens with one attached hydrogen (secondary N) is 1. The summed E-state index contributed by atoms with van der Waals surface area (Å²) in [5.41, 5.74) is 2.74. The zero-order valence-corrected chi connectivity index (χ0v) is 18.4. The summed E-state index contributed by atoms with van der Waals surface area (Å²) >= 11 is 1.28. The predicted octanol–water partition coefficient (Wildman–Crippen LogP) is 6.86. The predicted molar refractivity (Wildman–Crippen MR) is 122 cm³/mol. The first-order valence-electron chi connectivity index (χ1n) is 10.5. The molecule has 1 aliphatic carbocycles. The Bertz CT molecular complexity index is 1360. The molecular weight excluding hydrogens is 467 g/mol. The number of alkyl halides is 3. The van der Waals surface area contributed by atoms with Gasteiger partial charge in [-0.05, 0) is 66.4 Å². The third-order valence-electron chi connectivity index (χ3n) is 5.38. The highest BCUT2D eigenvalue weighted by molar-refractivity contribution is 7.09. The molecule has 0 bridgehead atoms. The van der Waals surface area contributed by atoms with Gasteiger partial charge in [0.15, 0.2) is 0 Å². The molecule has 3 aromatic carbocycles. The molecule has 0 unspecified atom stereocenters. The Morgan fingerprint density at radius 2 is 1.68 bits per heavy atom. The number of hydrogen-bond acceptors (Lipinski definition) is 5. The van der Waals surface area contributed by atoms with Gasteiger partial charge in [-0.25, -0.2) is 0 Å². The van der Waals surface area contributed by atoms with E-state index >= 15 is 0 Å². The molecule has 34 heavy (non-hydrogen) atoms. The normalized spacial score (nSPS) is 15.1. The van der Waals surface area contributed by atoms with E-state index in [9.17, 15) is 18.0 Å². The summed E-state index contributed by atoms with van der Waals surface area (Å²) in [6.07, 6.45) is -3.48. The van der Waals surface area contributed by atoms with Crippen molar-refractivity contribution in [2.45, 2.75) is 25.3 Å². The second-order valence-electron chi connectivity index (χ2n) is 7.70. The fourth-order valence-corrected chi connectivity index (χ4v) is 4.64. The molecular formula is C25H18F3NO4S. The molecule has 0 fully saturated rings. The van der Waals surface area contributed by atoms with Crippen molar-refractivity contribution in [1.82, 2.24) is 4.37 Å². The first-order chi connectivity index (χ1) is 16.3. The van der Waals surface area contributed by atoms with Crippen LogP contribution in [0.15, 0.2) is 77.6 Å². The molecule has 1 atom stereocenters. The fraction of sp³-hybridized carbons (Fsp3) is 0.160. The number of rotatable bonds is 6. The molecule has 0 radical (unpaired) electrons. The quantitative estimate of drug-likeness (QED) is 0.324. The molecule has 0 spiro atoms. The van der Waals surface area contributed by atoms with Crippen molar-refractivity contribution in [3.8, 4) is 33.4 Å². The van der Waals surface area contributed by atoms with Gasteiger partial charge in [0.05, 0.1) is 4.88 Å². The third kappa shape index (κ3) is 4.94. The average Bonchev–Trinajstić information content (AvgIpc) is 3.41. The molecule has 1 N–H and O–H groups in total. The molecule has 5 rings (SSSR count). The van der Waals surface area contributed by atoms with E-state index in [0.29, 0.717) is 17.9 Å². The van der Waals surface area contributed by atoms with Crippen LogP contribution in [0.25, 0.3) is 10.4 Å². The maximum atomic E-state index is 12.5. The van der Waals surface area contributed by atoms with E-state index in [1.807, 2.05) is 36.4 Å². The standard InChI is InChI=1S/C25H18F3NO4S/c26-25(27,28)33-18-4-1-3-17(13-18)32-21-6-2-5-19-20(21)11-12-22(19)31-16-9-7-15(8-10-16)23-14-24(30)29-34-23/h1-10,13-14,22H,11-12H2,(H,29,30)/t22-/m1/s1. The summed E-state index contributed by atoms with van der Waals surface area (Å²) in [7, 11) is 0. The largest absolute Gasteiger partial charge is 0.573 e. The van der Waals surface area contributed by atoms with Gasteiger partial charge in [0.1, 0.15) is 29.1 Å². The van der Waals surface area contributed by atoms with E-state index in [-0.39, 0.29) is 23.2 Å². The minimum absolute atomic E-state index is 0.125. The highest BCUT2D eigenvalue weighted by Gasteiger charge is 2.31. The zero-order valence-electron chi connectivity index (χ0n) is 17.6. The number of ether oxygens (including phenoxy) is 3. The molecule has 1 heterocycles. The van der Waals surface area contributed by atoms with Crippen molar-refractivity contribution in [2.24, 2.45) is 0 Å². The molecule has 0 aliphatic heterocycles. The zero-order chi connectivity index (χ0) is 23.7. The van der Waals surface area contributed by atoms with Gasteiger partial charge in [-0.15, -0.1) is 13.2 Å². The number of aromatic amines is 1. The van der Waals surface area contributed by atoms with E-state index in [1.165, 1.54) is 29.7 Å². The van der Waals surface area contributed by atoms with E-state index in [1.54, 1.807) is 18.2 Å². The van der Waals surface area contributed by atoms with E-state index in [2.05, 4.69) is 9.11 Å². The Morgan fingerprint density at radius 3 is 2.41 bits per heavy atom. The SMILES string of the molecule is O=c1cc(-c2ccc(O[C@@H]3CCc4c(Oc5cccc(OC(F)(F)F)c5)cccc43)cc2)s[nH]1. The molecule has 174 valence electrons. The smallest absolute Gasteiger partial charge is 0.486 e. The number of aromatic nitrogens is 1. The van der Waals surface area contributed by atoms with Gasteiger partial charge < -0.3 is 14.2 Å². The Hall–Kier alpha value is -3.72. The maximum absolute atomic E-state index is 12.5. The van der Waals surface area contributed by atoms with Crippen molar-refractivity contribution >= 4 is 11.5 Å². The minimum atomic E-state index is -4.77. The maximum Gasteiger partial charge on any atom is 0.573 e. The van der Waals surface area contributed by atoms with E-state index < -0.39 is 6.36 Å². The van der Waals surface area contributed by atoms with Crippen LogP contribution in [-0.2, 0) is 6.42 Å². The van der Waals surface area contributed by atoms with Gasteiger partial charge in [-0.2, -0.15) is 0 Å². The number of fused-ring (bicyclic) bond motifs is 1. The third-order valence-corrected chi connectivity index (χ3v) is 6.26. The van der Waals surface area contributed by atoms with Gasteiger partial charge in [0.25, 0.3) is 5.56 Å². The molecule has 4 aromatic rings. The Labute approximate surface area is 196 Å². The fourth-order valence-electron chi connectivity index (χ4n) is 3.95. The second kappa shape index (κ2) is 8.90. The van der Waals surface area contributed by atoms with Crippen LogP contribution in [0.5, 0.6) is 23.0 Å². The van der Waals surface area contributed by atoms with Crippen molar-refractivity contribution < 1.29 is 27.4 Å². The van der Waals surface area contributed by atoms with Crippen LogP contribution in [0.3, 0.4) is 0 Å². The molecule has 1 aliphatic rings. The van der Waals surface area contributed by atoms with Crippen molar-refractivity contribution in [3.05, 3.63) is 94.3 Å². The van der Waals surface area contributed by atoms with Gasteiger partial charge in [0.2, 0.25) is 0 Å². The van der Waals surface area contributed by atoms with Crippen LogP contribution in [0.1, 0.15) is 23.7 Å². The molecule has 5 nitrogen and oxygen atoms in total. The Kier molecular flexibility index (Phi) is 5.79. The minimum Gasteiger partial charge on any atom is -0.486 e. The van der Waals surface area contributed by atoms with Crippen LogP contribution < -0.4 is 19.8 Å². The lowest BCUT2D eigenvalue weighted by Gasteiger charge is -2.16. The highest BCUT2D eigenvalue weighted by atomic mass is 32.1. The number of H-pyrrole nitrogens is 1. The summed E-state index contributed by atoms with van der Waals surface area (Å²) in [6, 6.07) is 20.1. The summed E-state index contributed by atoms with van der Waals surface area (Å²) < 4.78 is 56.3. The number of benzene rings is 3. The summed E-state index contributed by atoms with van der Waals surface area (Å²) in [5.74, 6) is 1.19. The first-order valence-corrected chi connectivity index (χ1v) is 11.3. The van der Waals surface area contributed by atoms with Crippen LogP contribution in [0.4, 0.5) is 13.2 Å². The molecule has 0 saturated heterocycles. The monoisotopic (exact) mass is 485 g/mol. The van der Waals surface area contributed by atoms with Gasteiger partial charge in [-0.3, -0.25) is 9.17 Å². The number of hydrogen-bond donors (Lipinski definition) is 1. The van der Waals surface area contributed by atoms with Crippen LogP contribution in [-0.4, -0.2) is 10.7 Å². The van der Waals surface area contributed by atoms with Crippen molar-refractivity contribution in [3.63, 3.8) is 0 Å². The lowest BCUT2D eigenvalue weighted by molar-refractivity contribution is -0.274. The van der Waals surface area contributed by atoms with Crippen LogP contribution >= 0.6 is 11.5 Å². The first kappa shape index (κ1) is 22.1. The lowest BCUT2D eigenvalue weighted by atomic mass is 10.1. The Balaban J connectivity index is 1.31. The summed E-state index contributed by atoms with van der Waals surface area (Å²) in [4.78, 5) is 12.2. The van der Waals surface area contributed by atoms with Gasteiger partial charge in [0, 0.05) is 17.7 Å². The van der Waals surface area contributed by atoms with E-state index in [4.69, 9.17) is 9.47 Å². The summed E-state index contributed by atoms with van der Waals surface area (Å²) in [5, 5.41) is 0. The van der Waals surface area contributed by atoms with Crippen LogP contribution in [0, 0.1) is 0 Å². The van der Waals surface area contributed by atoms with Gasteiger partial charge in [-0.1, -0.05) is 29.7 Å². The average molecular weight is 485 g/mol. The summed E-state index contributed by atoms with van der Waals surface area (Å²) in [6.45, 7) is 0. The number of halogens is 3. The Morgan fingerprint density at radius 1 is 0.912 bits per heavy atom. The topological polar surface area (TPSA) is 60.6 Å². The van der Waals surface area contributed by atoms with Crippen molar-refractivity contribution in [2.75, 3.05) is 0 Å². The molecule has 1 aromatic heterocycles.